The zero-order valence-electron chi connectivity index (χ0n) is 12.7. The number of halogens is 3. The van der Waals surface area contributed by atoms with Crippen molar-refractivity contribution in [1.29, 1.82) is 0 Å². The van der Waals surface area contributed by atoms with Crippen LogP contribution in [-0.4, -0.2) is 49.3 Å². The molecule has 1 aliphatic carbocycles. The zero-order valence-corrected chi connectivity index (χ0v) is 13.5. The normalized spacial score (nSPS) is 27.7. The lowest BCUT2D eigenvalue weighted by Gasteiger charge is -2.45. The van der Waals surface area contributed by atoms with Crippen LogP contribution < -0.4 is 0 Å². The molecule has 1 aliphatic heterocycles. The van der Waals surface area contributed by atoms with Gasteiger partial charge in [0.15, 0.2) is 5.82 Å². The molecule has 3 rings (SSSR count). The zero-order chi connectivity index (χ0) is 16.6. The highest BCUT2D eigenvalue weighted by atomic mass is 35.5. The highest BCUT2D eigenvalue weighted by Gasteiger charge is 2.40. The Morgan fingerprint density at radius 3 is 2.91 bits per heavy atom. The topological polar surface area (TPSA) is 38.8 Å². The van der Waals surface area contributed by atoms with Gasteiger partial charge in [0.25, 0.3) is 5.91 Å². The number of carbonyl (C=O) groups excluding carboxylic acids is 1. The number of hydrogen-bond acceptors (Lipinski definition) is 3. The SMILES string of the molecule is CO[C@@H]1CC[C@@H]2OCCN(C(=O)c3ccc(F)c(Cl)c3F)[C@@H]2C1. The van der Waals surface area contributed by atoms with Crippen LogP contribution >= 0.6 is 11.6 Å². The molecule has 0 unspecified atom stereocenters. The van der Waals surface area contributed by atoms with E-state index in [9.17, 15) is 13.6 Å². The van der Waals surface area contributed by atoms with Crippen LogP contribution in [0.3, 0.4) is 0 Å². The Labute approximate surface area is 138 Å². The van der Waals surface area contributed by atoms with Crippen LogP contribution in [-0.2, 0) is 9.47 Å². The molecule has 2 aliphatic rings. The Morgan fingerprint density at radius 1 is 1.39 bits per heavy atom. The summed E-state index contributed by atoms with van der Waals surface area (Å²) in [5, 5.41) is -0.654. The van der Waals surface area contributed by atoms with Crippen molar-refractivity contribution in [2.75, 3.05) is 20.3 Å². The maximum absolute atomic E-state index is 14.2. The second-order valence-corrected chi connectivity index (χ2v) is 6.25. The number of ether oxygens (including phenoxy) is 2. The van der Waals surface area contributed by atoms with Crippen LogP contribution in [0.1, 0.15) is 29.6 Å². The maximum atomic E-state index is 14.2. The standard InChI is InChI=1S/C16H18ClF2NO3/c1-22-9-2-5-13-12(8-9)20(6-7-23-13)16(21)10-3-4-11(18)14(17)15(10)19/h3-4,9,12-13H,2,5-8H2,1H3/t9-,12-,13+/m1/s1. The molecule has 1 saturated carbocycles. The summed E-state index contributed by atoms with van der Waals surface area (Å²) in [5.74, 6) is -2.38. The van der Waals surface area contributed by atoms with Crippen LogP contribution in [0.15, 0.2) is 12.1 Å². The Morgan fingerprint density at radius 2 is 2.17 bits per heavy atom. The molecule has 2 fully saturated rings. The van der Waals surface area contributed by atoms with Crippen LogP contribution in [0.4, 0.5) is 8.78 Å². The van der Waals surface area contributed by atoms with E-state index in [2.05, 4.69) is 0 Å². The van der Waals surface area contributed by atoms with Crippen molar-refractivity contribution >= 4 is 17.5 Å². The van der Waals surface area contributed by atoms with Crippen molar-refractivity contribution in [3.63, 3.8) is 0 Å². The third-order valence-electron chi connectivity index (χ3n) is 4.63. The number of morpholine rings is 1. The third-order valence-corrected chi connectivity index (χ3v) is 4.98. The molecule has 126 valence electrons. The van der Waals surface area contributed by atoms with Gasteiger partial charge in [-0.25, -0.2) is 8.78 Å². The Bertz CT molecular complexity index is 613. The van der Waals surface area contributed by atoms with Crippen LogP contribution in [0.25, 0.3) is 0 Å². The van der Waals surface area contributed by atoms with Crippen LogP contribution in [0.2, 0.25) is 5.02 Å². The molecular weight excluding hydrogens is 328 g/mol. The van der Waals surface area contributed by atoms with Gasteiger partial charge in [-0.05, 0) is 31.4 Å². The number of rotatable bonds is 2. The first kappa shape index (κ1) is 16.6. The second-order valence-electron chi connectivity index (χ2n) is 5.87. The Hall–Kier alpha value is -1.24. The lowest BCUT2D eigenvalue weighted by molar-refractivity contribution is -0.101. The van der Waals surface area contributed by atoms with Crippen molar-refractivity contribution in [2.24, 2.45) is 0 Å². The summed E-state index contributed by atoms with van der Waals surface area (Å²) in [6.07, 6.45) is 2.28. The molecule has 1 amide bonds. The molecule has 4 nitrogen and oxygen atoms in total. The molecule has 1 saturated heterocycles. The van der Waals surface area contributed by atoms with Crippen molar-refractivity contribution in [2.45, 2.75) is 37.5 Å². The van der Waals surface area contributed by atoms with Gasteiger partial charge in [0.2, 0.25) is 0 Å². The third kappa shape index (κ3) is 3.07. The minimum atomic E-state index is -1.01. The molecule has 0 radical (unpaired) electrons. The fraction of sp³-hybridized carbons (Fsp3) is 0.562. The number of nitrogens with zero attached hydrogens (tertiary/aromatic N) is 1. The smallest absolute Gasteiger partial charge is 0.257 e. The van der Waals surface area contributed by atoms with Crippen LogP contribution in [0, 0.1) is 11.6 Å². The van der Waals surface area contributed by atoms with Gasteiger partial charge in [-0.1, -0.05) is 11.6 Å². The number of fused-ring (bicyclic) bond motifs is 1. The van der Waals surface area contributed by atoms with Gasteiger partial charge in [0.05, 0.1) is 30.4 Å². The number of benzene rings is 1. The Balaban J connectivity index is 1.87. The minimum absolute atomic E-state index is 0.0508. The molecule has 0 N–H and O–H groups in total. The summed E-state index contributed by atoms with van der Waals surface area (Å²) in [6.45, 7) is 0.770. The first-order chi connectivity index (χ1) is 11.0. The fourth-order valence-electron chi connectivity index (χ4n) is 3.38. The van der Waals surface area contributed by atoms with E-state index in [1.807, 2.05) is 0 Å². The average Bonchev–Trinajstić information content (AvgIpc) is 2.58. The van der Waals surface area contributed by atoms with Gasteiger partial charge in [-0.3, -0.25) is 4.79 Å². The van der Waals surface area contributed by atoms with Gasteiger partial charge >= 0.3 is 0 Å². The number of amides is 1. The predicted molar refractivity (Wildman–Crippen MR) is 80.6 cm³/mol. The van der Waals surface area contributed by atoms with Gasteiger partial charge < -0.3 is 14.4 Å². The predicted octanol–water partition coefficient (Wildman–Crippen LogP) is 3.03. The molecule has 1 aromatic carbocycles. The fourth-order valence-corrected chi connectivity index (χ4v) is 3.55. The average molecular weight is 346 g/mol. The summed E-state index contributed by atoms with van der Waals surface area (Å²) in [6, 6.07) is 1.98. The maximum Gasteiger partial charge on any atom is 0.257 e. The van der Waals surface area contributed by atoms with E-state index in [1.165, 1.54) is 0 Å². The highest BCUT2D eigenvalue weighted by molar-refractivity contribution is 6.31. The summed E-state index contributed by atoms with van der Waals surface area (Å²) in [7, 11) is 1.64. The monoisotopic (exact) mass is 345 g/mol. The molecule has 1 aromatic rings. The van der Waals surface area contributed by atoms with Crippen LogP contribution in [0.5, 0.6) is 0 Å². The minimum Gasteiger partial charge on any atom is -0.381 e. The molecule has 3 atom stereocenters. The number of hydrogen-bond donors (Lipinski definition) is 0. The molecule has 7 heteroatoms. The van der Waals surface area contributed by atoms with Gasteiger partial charge in [0, 0.05) is 13.7 Å². The van der Waals surface area contributed by atoms with Crippen molar-refractivity contribution in [3.8, 4) is 0 Å². The molecular formula is C16H18ClF2NO3. The second kappa shape index (κ2) is 6.71. The van der Waals surface area contributed by atoms with Crippen molar-refractivity contribution < 1.29 is 23.0 Å². The molecule has 23 heavy (non-hydrogen) atoms. The van der Waals surface area contributed by atoms with Gasteiger partial charge in [-0.15, -0.1) is 0 Å². The quantitative estimate of drug-likeness (QED) is 0.773. The van der Waals surface area contributed by atoms with E-state index in [-0.39, 0.29) is 23.8 Å². The van der Waals surface area contributed by atoms with E-state index in [0.717, 1.165) is 25.0 Å². The van der Waals surface area contributed by atoms with Crippen molar-refractivity contribution in [1.82, 2.24) is 4.90 Å². The van der Waals surface area contributed by atoms with E-state index in [1.54, 1.807) is 12.0 Å². The molecule has 0 bridgehead atoms. The van der Waals surface area contributed by atoms with E-state index in [4.69, 9.17) is 21.1 Å². The van der Waals surface area contributed by atoms with Crippen molar-refractivity contribution in [3.05, 3.63) is 34.4 Å². The molecule has 0 aromatic heterocycles. The van der Waals surface area contributed by atoms with E-state index < -0.39 is 22.6 Å². The largest absolute Gasteiger partial charge is 0.381 e. The Kier molecular flexibility index (Phi) is 4.85. The van der Waals surface area contributed by atoms with Gasteiger partial charge in [0.1, 0.15) is 10.8 Å². The summed E-state index contributed by atoms with van der Waals surface area (Å²) in [4.78, 5) is 14.3. The lowest BCUT2D eigenvalue weighted by atomic mass is 9.87. The summed E-state index contributed by atoms with van der Waals surface area (Å²) >= 11 is 5.58. The first-order valence-electron chi connectivity index (χ1n) is 7.61. The molecule has 1 heterocycles. The summed E-state index contributed by atoms with van der Waals surface area (Å²) in [5.41, 5.74) is -0.211. The van der Waals surface area contributed by atoms with E-state index in [0.29, 0.717) is 19.6 Å². The van der Waals surface area contributed by atoms with E-state index >= 15 is 0 Å². The lowest BCUT2D eigenvalue weighted by Crippen LogP contribution is -2.57. The van der Waals surface area contributed by atoms with Gasteiger partial charge in [-0.2, -0.15) is 0 Å². The number of carbonyl (C=O) groups is 1. The summed E-state index contributed by atoms with van der Waals surface area (Å²) < 4.78 is 38.6. The highest BCUT2D eigenvalue weighted by Crippen LogP contribution is 2.32. The molecule has 0 spiro atoms. The number of methoxy groups -OCH3 is 1. The first-order valence-corrected chi connectivity index (χ1v) is 7.99.